The van der Waals surface area contributed by atoms with Crippen molar-refractivity contribution >= 4 is 17.3 Å². The van der Waals surface area contributed by atoms with E-state index < -0.39 is 0 Å². The summed E-state index contributed by atoms with van der Waals surface area (Å²) < 4.78 is 5.32. The maximum Gasteiger partial charge on any atom is 0.0641 e. The molecule has 1 rings (SSSR count). The van der Waals surface area contributed by atoms with Gasteiger partial charge in [0.15, 0.2) is 0 Å². The molecule has 0 spiro atoms. The fraction of sp³-hybridized carbons (Fsp3) is 0.500. The topological polar surface area (TPSA) is 38.5 Å². The molecule has 0 bridgehead atoms. The minimum Gasteiger partial charge on any atom is -0.380 e. The first-order valence-electron chi connectivity index (χ1n) is 5.46. The molecule has 1 aromatic rings. The van der Waals surface area contributed by atoms with Crippen molar-refractivity contribution in [1.29, 1.82) is 0 Å². The van der Waals surface area contributed by atoms with E-state index >= 15 is 0 Å². The summed E-state index contributed by atoms with van der Waals surface area (Å²) in [6, 6.07) is 5.77. The van der Waals surface area contributed by atoms with Crippen LogP contribution in [0, 0.1) is 0 Å². The molecule has 0 radical (unpaired) electrons. The normalized spacial score (nSPS) is 10.5. The lowest BCUT2D eigenvalue weighted by molar-refractivity contribution is 0.154. The Morgan fingerprint density at radius 2 is 2.19 bits per heavy atom. The average molecular weight is 243 g/mol. The average Bonchev–Trinajstić information content (AvgIpc) is 2.29. The van der Waals surface area contributed by atoms with Crippen molar-refractivity contribution in [3.63, 3.8) is 0 Å². The summed E-state index contributed by atoms with van der Waals surface area (Å²) in [5, 5.41) is 0.732. The van der Waals surface area contributed by atoms with Gasteiger partial charge in [-0.2, -0.15) is 0 Å². The molecule has 0 aromatic heterocycles. The number of ether oxygens (including phenoxy) is 1. The van der Waals surface area contributed by atoms with Gasteiger partial charge in [0.1, 0.15) is 0 Å². The van der Waals surface area contributed by atoms with E-state index in [2.05, 4.69) is 4.90 Å². The molecule has 0 aliphatic carbocycles. The third kappa shape index (κ3) is 3.67. The third-order valence-electron chi connectivity index (χ3n) is 2.45. The highest BCUT2D eigenvalue weighted by molar-refractivity contribution is 6.30. The number of nitrogens with zero attached hydrogens (tertiary/aromatic N) is 1. The summed E-state index contributed by atoms with van der Waals surface area (Å²) in [6.45, 7) is 4.80. The molecular formula is C12H19ClN2O. The van der Waals surface area contributed by atoms with Crippen molar-refractivity contribution in [1.82, 2.24) is 0 Å². The van der Waals surface area contributed by atoms with Crippen molar-refractivity contribution in [2.75, 3.05) is 31.7 Å². The highest BCUT2D eigenvalue weighted by Gasteiger charge is 2.06. The van der Waals surface area contributed by atoms with E-state index in [1.165, 1.54) is 0 Å². The first-order valence-corrected chi connectivity index (χ1v) is 5.84. The number of halogens is 1. The zero-order valence-corrected chi connectivity index (χ0v) is 10.6. The van der Waals surface area contributed by atoms with E-state index in [-0.39, 0.29) is 0 Å². The SMILES string of the molecule is CCOCCN(C)c1cc(Cl)ccc1CN. The van der Waals surface area contributed by atoms with E-state index in [1.54, 1.807) is 0 Å². The molecule has 4 heteroatoms. The van der Waals surface area contributed by atoms with Crippen LogP contribution < -0.4 is 10.6 Å². The van der Waals surface area contributed by atoms with Crippen molar-refractivity contribution in [2.45, 2.75) is 13.5 Å². The Hall–Kier alpha value is -0.770. The Labute approximate surface area is 102 Å². The van der Waals surface area contributed by atoms with Gasteiger partial charge in [0.05, 0.1) is 6.61 Å². The largest absolute Gasteiger partial charge is 0.380 e. The zero-order chi connectivity index (χ0) is 12.0. The van der Waals surface area contributed by atoms with Crippen molar-refractivity contribution in [3.8, 4) is 0 Å². The molecule has 1 aromatic carbocycles. The molecule has 0 fully saturated rings. The molecule has 0 unspecified atom stereocenters. The molecule has 0 saturated carbocycles. The fourth-order valence-electron chi connectivity index (χ4n) is 1.53. The Morgan fingerprint density at radius 3 is 2.81 bits per heavy atom. The quantitative estimate of drug-likeness (QED) is 0.778. The summed E-state index contributed by atoms with van der Waals surface area (Å²) in [6.07, 6.45) is 0. The number of hydrogen-bond donors (Lipinski definition) is 1. The Bertz CT molecular complexity index is 331. The first kappa shape index (κ1) is 13.3. The second-order valence-electron chi connectivity index (χ2n) is 3.60. The molecular weight excluding hydrogens is 224 g/mol. The van der Waals surface area contributed by atoms with Crippen LogP contribution in [0.4, 0.5) is 5.69 Å². The van der Waals surface area contributed by atoms with E-state index in [0.29, 0.717) is 13.2 Å². The Morgan fingerprint density at radius 1 is 1.44 bits per heavy atom. The summed E-state index contributed by atoms with van der Waals surface area (Å²) in [5.41, 5.74) is 7.87. The van der Waals surface area contributed by atoms with Gasteiger partial charge in [-0.15, -0.1) is 0 Å². The molecule has 16 heavy (non-hydrogen) atoms. The van der Waals surface area contributed by atoms with Crippen LogP contribution in [0.2, 0.25) is 5.02 Å². The van der Waals surface area contributed by atoms with E-state index in [1.807, 2.05) is 32.2 Å². The molecule has 90 valence electrons. The summed E-state index contributed by atoms with van der Waals surface area (Å²) in [7, 11) is 2.02. The summed E-state index contributed by atoms with van der Waals surface area (Å²) in [4.78, 5) is 2.11. The van der Waals surface area contributed by atoms with Gasteiger partial charge in [-0.05, 0) is 24.6 Å². The number of anilines is 1. The highest BCUT2D eigenvalue weighted by Crippen LogP contribution is 2.23. The third-order valence-corrected chi connectivity index (χ3v) is 2.69. The molecule has 0 aliphatic heterocycles. The lowest BCUT2D eigenvalue weighted by Gasteiger charge is -2.22. The Balaban J connectivity index is 2.72. The second kappa shape index (κ2) is 6.74. The van der Waals surface area contributed by atoms with Crippen molar-refractivity contribution in [2.24, 2.45) is 5.73 Å². The number of likely N-dealkylation sites (N-methyl/N-ethyl adjacent to an activating group) is 1. The molecule has 0 heterocycles. The lowest BCUT2D eigenvalue weighted by Crippen LogP contribution is -2.24. The predicted molar refractivity (Wildman–Crippen MR) is 69.1 cm³/mol. The van der Waals surface area contributed by atoms with E-state index in [9.17, 15) is 0 Å². The van der Waals surface area contributed by atoms with Crippen molar-refractivity contribution < 1.29 is 4.74 Å². The smallest absolute Gasteiger partial charge is 0.0641 e. The van der Waals surface area contributed by atoms with Gasteiger partial charge in [0.2, 0.25) is 0 Å². The van der Waals surface area contributed by atoms with Gasteiger partial charge < -0.3 is 15.4 Å². The number of benzene rings is 1. The minimum atomic E-state index is 0.519. The van der Waals surface area contributed by atoms with Gasteiger partial charge in [-0.1, -0.05) is 17.7 Å². The van der Waals surface area contributed by atoms with Gasteiger partial charge in [-0.25, -0.2) is 0 Å². The van der Waals surface area contributed by atoms with Gasteiger partial charge in [0, 0.05) is 37.5 Å². The molecule has 3 nitrogen and oxygen atoms in total. The van der Waals surface area contributed by atoms with E-state index in [0.717, 1.165) is 29.4 Å². The Kier molecular flexibility index (Phi) is 5.60. The van der Waals surface area contributed by atoms with Crippen LogP contribution in [0.3, 0.4) is 0 Å². The molecule has 2 N–H and O–H groups in total. The lowest BCUT2D eigenvalue weighted by atomic mass is 10.1. The molecule has 0 aliphatic rings. The van der Waals surface area contributed by atoms with Crippen LogP contribution in [-0.2, 0) is 11.3 Å². The van der Waals surface area contributed by atoms with Crippen LogP contribution in [0.1, 0.15) is 12.5 Å². The number of nitrogens with two attached hydrogens (primary N) is 1. The first-order chi connectivity index (χ1) is 7.69. The highest BCUT2D eigenvalue weighted by atomic mass is 35.5. The van der Waals surface area contributed by atoms with Gasteiger partial charge >= 0.3 is 0 Å². The maximum atomic E-state index is 5.98. The minimum absolute atomic E-state index is 0.519. The summed E-state index contributed by atoms with van der Waals surface area (Å²) >= 11 is 5.98. The molecule has 0 saturated heterocycles. The van der Waals surface area contributed by atoms with Crippen LogP contribution in [0.15, 0.2) is 18.2 Å². The molecule has 0 amide bonds. The summed E-state index contributed by atoms with van der Waals surface area (Å²) in [5.74, 6) is 0. The zero-order valence-electron chi connectivity index (χ0n) is 9.87. The number of hydrogen-bond acceptors (Lipinski definition) is 3. The van der Waals surface area contributed by atoms with Crippen LogP contribution in [0.5, 0.6) is 0 Å². The van der Waals surface area contributed by atoms with Crippen LogP contribution >= 0.6 is 11.6 Å². The van der Waals surface area contributed by atoms with Crippen molar-refractivity contribution in [3.05, 3.63) is 28.8 Å². The monoisotopic (exact) mass is 242 g/mol. The molecule has 0 atom stereocenters. The van der Waals surface area contributed by atoms with Gasteiger partial charge in [0.25, 0.3) is 0 Å². The van der Waals surface area contributed by atoms with Crippen LogP contribution in [0.25, 0.3) is 0 Å². The second-order valence-corrected chi connectivity index (χ2v) is 4.03. The van der Waals surface area contributed by atoms with E-state index in [4.69, 9.17) is 22.1 Å². The maximum absolute atomic E-state index is 5.98. The number of rotatable bonds is 6. The standard InChI is InChI=1S/C12H19ClN2O/c1-3-16-7-6-15(2)12-8-11(13)5-4-10(12)9-14/h4-5,8H,3,6-7,9,14H2,1-2H3. The van der Waals surface area contributed by atoms with Gasteiger partial charge in [-0.3, -0.25) is 0 Å². The van der Waals surface area contributed by atoms with Crippen LogP contribution in [-0.4, -0.2) is 26.8 Å². The predicted octanol–water partition coefficient (Wildman–Crippen LogP) is 2.27. The fourth-order valence-corrected chi connectivity index (χ4v) is 1.70.